The predicted octanol–water partition coefficient (Wildman–Crippen LogP) is 3.69. The highest BCUT2D eigenvalue weighted by atomic mass is 16.6. The van der Waals surface area contributed by atoms with Gasteiger partial charge in [-0.15, -0.1) is 0 Å². The molecule has 3 aliphatic carbocycles. The number of nitro groups is 1. The average Bonchev–Trinajstić information content (AvgIpc) is 3.03. The number of fused-ring (bicyclic) bond motifs is 3. The molecule has 2 heterocycles. The molecule has 156 valence electrons. The third kappa shape index (κ3) is 2.38. The molecule has 4 atom stereocenters. The van der Waals surface area contributed by atoms with Crippen molar-refractivity contribution in [1.82, 2.24) is 5.01 Å². The summed E-state index contributed by atoms with van der Waals surface area (Å²) in [6.07, 6.45) is 7.73. The molecule has 8 heteroatoms. The predicted molar refractivity (Wildman–Crippen MR) is 110 cm³/mol. The maximum atomic E-state index is 13.0. The van der Waals surface area contributed by atoms with Crippen molar-refractivity contribution in [3.05, 3.63) is 63.9 Å². The molecule has 8 nitrogen and oxygen atoms in total. The second-order valence-corrected chi connectivity index (χ2v) is 8.93. The summed E-state index contributed by atoms with van der Waals surface area (Å²) in [5.41, 5.74) is 1.23. The lowest BCUT2D eigenvalue weighted by Crippen LogP contribution is -2.30. The summed E-state index contributed by atoms with van der Waals surface area (Å²) in [4.78, 5) is 36.8. The Hall–Kier alpha value is -3.55. The minimum absolute atomic E-state index is 0.0486. The highest BCUT2D eigenvalue weighted by molar-refractivity contribution is 6.07. The van der Waals surface area contributed by atoms with Crippen molar-refractivity contribution in [1.29, 1.82) is 0 Å². The van der Waals surface area contributed by atoms with Gasteiger partial charge in [-0.05, 0) is 60.8 Å². The monoisotopic (exact) mass is 417 g/mol. The van der Waals surface area contributed by atoms with E-state index in [1.54, 1.807) is 31.2 Å². The first-order chi connectivity index (χ1) is 14.9. The van der Waals surface area contributed by atoms with Gasteiger partial charge in [0.15, 0.2) is 0 Å². The highest BCUT2D eigenvalue weighted by Crippen LogP contribution is 2.73. The number of imide groups is 1. The summed E-state index contributed by atoms with van der Waals surface area (Å²) in [6, 6.07) is 8.12. The quantitative estimate of drug-likeness (QED) is 0.248. The van der Waals surface area contributed by atoms with E-state index in [1.165, 1.54) is 12.3 Å². The normalized spacial score (nSPS) is 29.5. The molecule has 0 unspecified atom stereocenters. The SMILES string of the molecule is Cc1ccc(-c2ccc(/C=N\N3C(=O)[C@@H]4[C@@H](C3=O)[C@@H]3C=C[C@@H]4C34CC4)o2)c([N+](=O)[O-])c1. The molecule has 6 rings (SSSR count). The molecule has 3 fully saturated rings. The number of hydrogen-bond acceptors (Lipinski definition) is 6. The number of furan rings is 1. The minimum Gasteiger partial charge on any atom is -0.455 e. The molecule has 1 spiro atoms. The Bertz CT molecular complexity index is 1190. The molecule has 2 bridgehead atoms. The summed E-state index contributed by atoms with van der Waals surface area (Å²) in [7, 11) is 0. The fourth-order valence-electron chi connectivity index (χ4n) is 5.86. The van der Waals surface area contributed by atoms with Crippen LogP contribution in [0.15, 0.2) is 52.0 Å². The molecule has 2 saturated carbocycles. The van der Waals surface area contributed by atoms with Gasteiger partial charge in [-0.25, -0.2) is 0 Å². The van der Waals surface area contributed by atoms with Crippen LogP contribution in [-0.4, -0.2) is 28.0 Å². The smallest absolute Gasteiger partial charge is 0.280 e. The average molecular weight is 417 g/mol. The van der Waals surface area contributed by atoms with Crippen LogP contribution in [0.3, 0.4) is 0 Å². The second-order valence-electron chi connectivity index (χ2n) is 8.93. The maximum absolute atomic E-state index is 13.0. The van der Waals surface area contributed by atoms with E-state index in [2.05, 4.69) is 17.3 Å². The largest absolute Gasteiger partial charge is 0.455 e. The number of amides is 2. The molecule has 2 amide bonds. The van der Waals surface area contributed by atoms with Gasteiger partial charge in [-0.2, -0.15) is 10.1 Å². The van der Waals surface area contributed by atoms with Gasteiger partial charge in [0.2, 0.25) is 0 Å². The van der Waals surface area contributed by atoms with Crippen molar-refractivity contribution in [2.75, 3.05) is 0 Å². The van der Waals surface area contributed by atoms with Gasteiger partial charge in [0.1, 0.15) is 11.5 Å². The first kappa shape index (κ1) is 18.2. The third-order valence-electron chi connectivity index (χ3n) is 7.37. The Kier molecular flexibility index (Phi) is 3.53. The number of benzene rings is 1. The first-order valence-corrected chi connectivity index (χ1v) is 10.4. The van der Waals surface area contributed by atoms with Gasteiger partial charge >= 0.3 is 0 Å². The number of nitrogens with zero attached hydrogens (tertiary/aromatic N) is 3. The summed E-state index contributed by atoms with van der Waals surface area (Å²) in [5, 5.41) is 16.5. The van der Waals surface area contributed by atoms with Gasteiger partial charge in [0, 0.05) is 6.07 Å². The zero-order valence-corrected chi connectivity index (χ0v) is 16.7. The van der Waals surface area contributed by atoms with E-state index in [0.717, 1.165) is 23.4 Å². The Labute approximate surface area is 177 Å². The molecule has 0 N–H and O–H groups in total. The number of rotatable bonds is 4. The fourth-order valence-corrected chi connectivity index (χ4v) is 5.86. The summed E-state index contributed by atoms with van der Waals surface area (Å²) in [5.74, 6) is -0.156. The van der Waals surface area contributed by atoms with Crippen LogP contribution < -0.4 is 0 Å². The molecular weight excluding hydrogens is 398 g/mol. The fraction of sp³-hybridized carbons (Fsp3) is 0.348. The second kappa shape index (κ2) is 6.00. The molecule has 4 aliphatic rings. The van der Waals surface area contributed by atoms with Crippen molar-refractivity contribution in [2.45, 2.75) is 19.8 Å². The topological polar surface area (TPSA) is 106 Å². The summed E-state index contributed by atoms with van der Waals surface area (Å²) < 4.78 is 5.71. The number of nitro benzene ring substituents is 1. The number of aryl methyl sites for hydroxylation is 1. The van der Waals surface area contributed by atoms with Crippen LogP contribution in [0.4, 0.5) is 5.69 Å². The Balaban J connectivity index is 1.25. The number of hydrazone groups is 1. The van der Waals surface area contributed by atoms with E-state index in [1.807, 2.05) is 0 Å². The van der Waals surface area contributed by atoms with Crippen molar-refractivity contribution in [2.24, 2.45) is 34.2 Å². The molecule has 1 saturated heterocycles. The van der Waals surface area contributed by atoms with Gasteiger partial charge in [0.05, 0.1) is 28.5 Å². The van der Waals surface area contributed by atoms with E-state index >= 15 is 0 Å². The van der Waals surface area contributed by atoms with Crippen LogP contribution in [0, 0.1) is 46.1 Å². The molecule has 31 heavy (non-hydrogen) atoms. The van der Waals surface area contributed by atoms with E-state index in [-0.39, 0.29) is 46.6 Å². The zero-order chi connectivity index (χ0) is 21.5. The van der Waals surface area contributed by atoms with Crippen LogP contribution in [0.1, 0.15) is 24.2 Å². The van der Waals surface area contributed by atoms with Crippen molar-refractivity contribution < 1.29 is 18.9 Å². The lowest BCUT2D eigenvalue weighted by atomic mass is 9.85. The minimum atomic E-state index is -0.450. The number of hydrogen-bond donors (Lipinski definition) is 0. The van der Waals surface area contributed by atoms with E-state index in [4.69, 9.17) is 4.42 Å². The van der Waals surface area contributed by atoms with Crippen LogP contribution in [0.2, 0.25) is 0 Å². The molecule has 1 aromatic heterocycles. The lowest BCUT2D eigenvalue weighted by Gasteiger charge is -2.18. The zero-order valence-electron chi connectivity index (χ0n) is 16.7. The lowest BCUT2D eigenvalue weighted by molar-refractivity contribution is -0.384. The molecule has 0 radical (unpaired) electrons. The van der Waals surface area contributed by atoms with Crippen LogP contribution >= 0.6 is 0 Å². The third-order valence-corrected chi connectivity index (χ3v) is 7.37. The van der Waals surface area contributed by atoms with Crippen molar-refractivity contribution >= 4 is 23.7 Å². The number of allylic oxidation sites excluding steroid dienone is 2. The number of carbonyl (C=O) groups is 2. The molecule has 1 aromatic carbocycles. The summed E-state index contributed by atoms with van der Waals surface area (Å²) >= 11 is 0. The maximum Gasteiger partial charge on any atom is 0.280 e. The van der Waals surface area contributed by atoms with Crippen LogP contribution in [0.5, 0.6) is 0 Å². The van der Waals surface area contributed by atoms with E-state index < -0.39 is 4.92 Å². The number of carbonyl (C=O) groups excluding carboxylic acids is 2. The van der Waals surface area contributed by atoms with Crippen LogP contribution in [0.25, 0.3) is 11.3 Å². The van der Waals surface area contributed by atoms with Gasteiger partial charge in [-0.1, -0.05) is 18.2 Å². The molecular formula is C23H19N3O5. The van der Waals surface area contributed by atoms with Crippen molar-refractivity contribution in [3.63, 3.8) is 0 Å². The van der Waals surface area contributed by atoms with Gasteiger partial charge < -0.3 is 4.42 Å². The van der Waals surface area contributed by atoms with Crippen molar-refractivity contribution in [3.8, 4) is 11.3 Å². The Morgan fingerprint density at radius 3 is 2.42 bits per heavy atom. The standard InChI is InChI=1S/C23H19N3O5/c1-12-2-4-14(17(10-12)26(29)30)18-7-3-13(31-18)11-24-25-21(27)19-15-5-6-16(20(19)22(25)28)23(15)8-9-23/h2-7,10-11,15-16,19-20H,8-9H2,1H3/b24-11-/t15-,16-,19-,20-/m0/s1. The molecule has 1 aliphatic heterocycles. The Morgan fingerprint density at radius 2 is 1.81 bits per heavy atom. The van der Waals surface area contributed by atoms with E-state index in [9.17, 15) is 19.7 Å². The van der Waals surface area contributed by atoms with E-state index in [0.29, 0.717) is 17.1 Å². The van der Waals surface area contributed by atoms with Gasteiger partial charge in [-0.3, -0.25) is 19.7 Å². The van der Waals surface area contributed by atoms with Crippen LogP contribution in [-0.2, 0) is 9.59 Å². The summed E-state index contributed by atoms with van der Waals surface area (Å²) in [6.45, 7) is 1.78. The Morgan fingerprint density at radius 1 is 1.13 bits per heavy atom. The van der Waals surface area contributed by atoms with Gasteiger partial charge in [0.25, 0.3) is 17.5 Å². The molecule has 2 aromatic rings. The highest BCUT2D eigenvalue weighted by Gasteiger charge is 2.73. The first-order valence-electron chi connectivity index (χ1n) is 10.4.